The molecular formula is C30H33ClN4. The smallest absolute Gasteiger partial charge is 0.0725 e. The maximum Gasteiger partial charge on any atom is 0.0725 e. The molecule has 0 aliphatic carbocycles. The summed E-state index contributed by atoms with van der Waals surface area (Å²) in [4.78, 5) is 9.69. The third-order valence-electron chi connectivity index (χ3n) is 6.99. The number of piperazine rings is 1. The Bertz CT molecular complexity index is 1220. The summed E-state index contributed by atoms with van der Waals surface area (Å²) in [6.45, 7) is 10.4. The summed E-state index contributed by atoms with van der Waals surface area (Å²) in [5.74, 6) is 0. The average Bonchev–Trinajstić information content (AvgIpc) is 2.87. The van der Waals surface area contributed by atoms with E-state index in [-0.39, 0.29) is 6.04 Å². The number of benzene rings is 3. The van der Waals surface area contributed by atoms with E-state index in [0.29, 0.717) is 0 Å². The second kappa shape index (κ2) is 10.8. The van der Waals surface area contributed by atoms with E-state index in [2.05, 4.69) is 94.6 Å². The lowest BCUT2D eigenvalue weighted by Gasteiger charge is -2.40. The topological polar surface area (TPSA) is 31.4 Å². The molecule has 1 atom stereocenters. The molecule has 5 rings (SSSR count). The summed E-state index contributed by atoms with van der Waals surface area (Å²) in [7, 11) is 0. The van der Waals surface area contributed by atoms with E-state index in [0.717, 1.165) is 55.5 Å². The van der Waals surface area contributed by atoms with Crippen molar-refractivity contribution in [3.63, 3.8) is 0 Å². The molecule has 180 valence electrons. The zero-order chi connectivity index (χ0) is 24.2. The zero-order valence-corrected chi connectivity index (χ0v) is 21.3. The van der Waals surface area contributed by atoms with E-state index >= 15 is 0 Å². The normalized spacial score (nSPS) is 15.9. The molecule has 0 amide bonds. The summed E-state index contributed by atoms with van der Waals surface area (Å²) >= 11 is 6.19. The second-order valence-corrected chi connectivity index (χ2v) is 9.98. The summed E-state index contributed by atoms with van der Waals surface area (Å²) < 4.78 is 0. The fourth-order valence-corrected chi connectivity index (χ4v) is 5.14. The highest BCUT2D eigenvalue weighted by molar-refractivity contribution is 6.30. The number of pyridine rings is 1. The van der Waals surface area contributed by atoms with E-state index in [1.165, 1.54) is 27.6 Å². The standard InChI is InChI=1S/C30H33ClN4/c1-22-3-6-24(7-4-22)30(25-8-10-26(31)11-9-25)35-19-17-34(18-20-35)16-15-33-28-13-14-32-29-21-23(2)5-12-27(28)29/h3-14,21,30H,15-20H2,1-2H3,(H,32,33). The first-order chi connectivity index (χ1) is 17.1. The van der Waals surface area contributed by atoms with Gasteiger partial charge in [-0.25, -0.2) is 0 Å². The average molecular weight is 485 g/mol. The van der Waals surface area contributed by atoms with Gasteiger partial charge in [0.25, 0.3) is 0 Å². The maximum atomic E-state index is 6.19. The van der Waals surface area contributed by atoms with Gasteiger partial charge in [0.2, 0.25) is 0 Å². The number of aryl methyl sites for hydroxylation is 2. The molecule has 1 aliphatic rings. The quantitative estimate of drug-likeness (QED) is 0.332. The highest BCUT2D eigenvalue weighted by Crippen LogP contribution is 2.31. The number of hydrogen-bond acceptors (Lipinski definition) is 4. The van der Waals surface area contributed by atoms with Crippen LogP contribution >= 0.6 is 11.6 Å². The molecule has 0 radical (unpaired) electrons. The van der Waals surface area contributed by atoms with Crippen LogP contribution in [0.5, 0.6) is 0 Å². The van der Waals surface area contributed by atoms with Crippen molar-refractivity contribution in [1.82, 2.24) is 14.8 Å². The molecule has 4 nitrogen and oxygen atoms in total. The second-order valence-electron chi connectivity index (χ2n) is 9.55. The molecule has 1 N–H and O–H groups in total. The summed E-state index contributed by atoms with van der Waals surface area (Å²) in [5, 5.41) is 5.61. The molecule has 3 aromatic carbocycles. The molecule has 1 aliphatic heterocycles. The van der Waals surface area contributed by atoms with E-state index in [9.17, 15) is 0 Å². The number of anilines is 1. The van der Waals surface area contributed by atoms with Gasteiger partial charge in [-0.2, -0.15) is 0 Å². The van der Waals surface area contributed by atoms with Gasteiger partial charge in [-0.05, 0) is 54.8 Å². The first kappa shape index (κ1) is 23.8. The van der Waals surface area contributed by atoms with Crippen molar-refractivity contribution < 1.29 is 0 Å². The van der Waals surface area contributed by atoms with Gasteiger partial charge < -0.3 is 5.32 Å². The molecule has 4 aromatic rings. The number of halogens is 1. The van der Waals surface area contributed by atoms with Gasteiger partial charge in [0.1, 0.15) is 0 Å². The number of aromatic nitrogens is 1. The molecule has 0 spiro atoms. The van der Waals surface area contributed by atoms with E-state index in [1.54, 1.807) is 0 Å². The lowest BCUT2D eigenvalue weighted by molar-refractivity contribution is 0.112. The molecule has 1 fully saturated rings. The highest BCUT2D eigenvalue weighted by atomic mass is 35.5. The lowest BCUT2D eigenvalue weighted by atomic mass is 9.95. The first-order valence-electron chi connectivity index (χ1n) is 12.4. The van der Waals surface area contributed by atoms with Crippen LogP contribution in [0.2, 0.25) is 5.02 Å². The minimum Gasteiger partial charge on any atom is -0.383 e. The predicted molar refractivity (Wildman–Crippen MR) is 147 cm³/mol. The summed E-state index contributed by atoms with van der Waals surface area (Å²) in [6, 6.07) is 26.1. The third-order valence-corrected chi connectivity index (χ3v) is 7.24. The van der Waals surface area contributed by atoms with Crippen molar-refractivity contribution in [2.45, 2.75) is 19.9 Å². The highest BCUT2D eigenvalue weighted by Gasteiger charge is 2.26. The number of rotatable bonds is 7. The Kier molecular flexibility index (Phi) is 7.33. The predicted octanol–water partition coefficient (Wildman–Crippen LogP) is 6.32. The Labute approximate surface area is 213 Å². The number of nitrogens with one attached hydrogen (secondary N) is 1. The molecule has 5 heteroatoms. The van der Waals surface area contributed by atoms with Gasteiger partial charge in [0.15, 0.2) is 0 Å². The molecule has 1 aromatic heterocycles. The van der Waals surface area contributed by atoms with Crippen LogP contribution in [0.25, 0.3) is 10.9 Å². The molecule has 1 saturated heterocycles. The maximum absolute atomic E-state index is 6.19. The van der Waals surface area contributed by atoms with E-state index in [1.807, 2.05) is 18.3 Å². The van der Waals surface area contributed by atoms with E-state index < -0.39 is 0 Å². The number of nitrogens with zero attached hydrogens (tertiary/aromatic N) is 3. The molecule has 1 unspecified atom stereocenters. The van der Waals surface area contributed by atoms with Crippen LogP contribution in [-0.4, -0.2) is 54.1 Å². The van der Waals surface area contributed by atoms with Crippen molar-refractivity contribution in [1.29, 1.82) is 0 Å². The third kappa shape index (κ3) is 5.67. The Balaban J connectivity index is 1.21. The minimum atomic E-state index is 0.250. The molecule has 2 heterocycles. The van der Waals surface area contributed by atoms with Crippen molar-refractivity contribution in [2.75, 3.05) is 44.6 Å². The van der Waals surface area contributed by atoms with Gasteiger partial charge in [-0.15, -0.1) is 0 Å². The van der Waals surface area contributed by atoms with Crippen molar-refractivity contribution in [3.8, 4) is 0 Å². The fourth-order valence-electron chi connectivity index (χ4n) is 5.01. The molecular weight excluding hydrogens is 452 g/mol. The van der Waals surface area contributed by atoms with Crippen molar-refractivity contribution in [3.05, 3.63) is 106 Å². The largest absolute Gasteiger partial charge is 0.383 e. The Morgan fingerprint density at radius 3 is 2.20 bits per heavy atom. The van der Waals surface area contributed by atoms with Crippen molar-refractivity contribution in [2.24, 2.45) is 0 Å². The van der Waals surface area contributed by atoms with E-state index in [4.69, 9.17) is 11.6 Å². The number of hydrogen-bond donors (Lipinski definition) is 1. The summed E-state index contributed by atoms with van der Waals surface area (Å²) in [5.41, 5.74) is 7.38. The molecule has 35 heavy (non-hydrogen) atoms. The van der Waals surface area contributed by atoms with Gasteiger partial charge in [0, 0.05) is 61.6 Å². The Morgan fingerprint density at radius 1 is 0.829 bits per heavy atom. The van der Waals surface area contributed by atoms with Crippen LogP contribution in [0, 0.1) is 13.8 Å². The van der Waals surface area contributed by atoms with Crippen molar-refractivity contribution >= 4 is 28.2 Å². The van der Waals surface area contributed by atoms with Crippen LogP contribution in [0.15, 0.2) is 79.0 Å². The van der Waals surface area contributed by atoms with Crippen LogP contribution in [0.3, 0.4) is 0 Å². The van der Waals surface area contributed by atoms with Gasteiger partial charge in [-0.1, -0.05) is 65.7 Å². The van der Waals surface area contributed by atoms with Gasteiger partial charge >= 0.3 is 0 Å². The SMILES string of the molecule is Cc1ccc(C(c2ccc(Cl)cc2)N2CCN(CCNc3ccnc4cc(C)ccc34)CC2)cc1. The first-order valence-corrected chi connectivity index (χ1v) is 12.8. The van der Waals surface area contributed by atoms with Gasteiger partial charge in [0.05, 0.1) is 11.6 Å². The Hall–Kier alpha value is -2.92. The van der Waals surface area contributed by atoms with Crippen LogP contribution in [0.1, 0.15) is 28.3 Å². The molecule has 0 bridgehead atoms. The van der Waals surface area contributed by atoms with Gasteiger partial charge in [-0.3, -0.25) is 14.8 Å². The van der Waals surface area contributed by atoms with Crippen LogP contribution in [-0.2, 0) is 0 Å². The fraction of sp³-hybridized carbons (Fsp3) is 0.300. The minimum absolute atomic E-state index is 0.250. The molecule has 0 saturated carbocycles. The van der Waals surface area contributed by atoms with Crippen LogP contribution in [0.4, 0.5) is 5.69 Å². The Morgan fingerprint density at radius 2 is 1.49 bits per heavy atom. The zero-order valence-electron chi connectivity index (χ0n) is 20.5. The number of fused-ring (bicyclic) bond motifs is 1. The van der Waals surface area contributed by atoms with Crippen LogP contribution < -0.4 is 5.32 Å². The lowest BCUT2D eigenvalue weighted by Crippen LogP contribution is -2.48. The summed E-state index contributed by atoms with van der Waals surface area (Å²) in [6.07, 6.45) is 1.89. The monoisotopic (exact) mass is 484 g/mol.